The second-order valence-electron chi connectivity index (χ2n) is 3.48. The van der Waals surface area contributed by atoms with Crippen molar-refractivity contribution in [2.24, 2.45) is 5.73 Å². The van der Waals surface area contributed by atoms with Crippen LogP contribution in [-0.2, 0) is 0 Å². The Morgan fingerprint density at radius 1 is 1.50 bits per heavy atom. The Labute approximate surface area is 83.8 Å². The van der Waals surface area contributed by atoms with E-state index in [9.17, 15) is 0 Å². The van der Waals surface area contributed by atoms with E-state index < -0.39 is 0 Å². The van der Waals surface area contributed by atoms with Crippen LogP contribution >= 0.6 is 0 Å². The van der Waals surface area contributed by atoms with Crippen molar-refractivity contribution >= 4 is 0 Å². The summed E-state index contributed by atoms with van der Waals surface area (Å²) in [7, 11) is 1.65. The van der Waals surface area contributed by atoms with Gasteiger partial charge in [-0.1, -0.05) is 12.1 Å². The minimum atomic E-state index is 0.0719. The Hall–Kier alpha value is -1.22. The molecule has 1 aromatic rings. The monoisotopic (exact) mass is 193 g/mol. The first kappa shape index (κ1) is 9.34. The summed E-state index contributed by atoms with van der Waals surface area (Å²) in [6.45, 7) is 0.723. The first-order valence-corrected chi connectivity index (χ1v) is 4.88. The first-order valence-electron chi connectivity index (χ1n) is 4.88. The van der Waals surface area contributed by atoms with Crippen molar-refractivity contribution in [3.05, 3.63) is 23.8 Å². The van der Waals surface area contributed by atoms with E-state index in [-0.39, 0.29) is 6.04 Å². The summed E-state index contributed by atoms with van der Waals surface area (Å²) in [4.78, 5) is 0. The quantitative estimate of drug-likeness (QED) is 0.740. The normalized spacial score (nSPS) is 20.6. The third-order valence-electron chi connectivity index (χ3n) is 2.53. The molecule has 1 aliphatic rings. The first-order chi connectivity index (χ1) is 6.83. The lowest BCUT2D eigenvalue weighted by molar-refractivity contribution is 0.294. The predicted octanol–water partition coefficient (Wildman–Crippen LogP) is 1.87. The summed E-state index contributed by atoms with van der Waals surface area (Å²) in [5, 5.41) is 0. The lowest BCUT2D eigenvalue weighted by Gasteiger charge is -2.14. The van der Waals surface area contributed by atoms with Gasteiger partial charge in [0.15, 0.2) is 11.5 Å². The summed E-state index contributed by atoms with van der Waals surface area (Å²) in [6.07, 6.45) is 1.97. The molecule has 3 heteroatoms. The molecule has 0 aromatic heterocycles. The number of hydrogen-bond donors (Lipinski definition) is 1. The molecule has 0 fully saturated rings. The highest BCUT2D eigenvalue weighted by atomic mass is 16.5. The molecule has 0 saturated carbocycles. The molecular formula is C11H15NO2. The van der Waals surface area contributed by atoms with E-state index in [0.717, 1.165) is 36.5 Å². The van der Waals surface area contributed by atoms with Crippen LogP contribution in [0, 0.1) is 0 Å². The maximum Gasteiger partial charge on any atom is 0.165 e. The number of ether oxygens (including phenoxy) is 2. The molecule has 14 heavy (non-hydrogen) atoms. The van der Waals surface area contributed by atoms with E-state index in [4.69, 9.17) is 15.2 Å². The molecule has 0 aliphatic carbocycles. The van der Waals surface area contributed by atoms with Crippen LogP contribution in [0.2, 0.25) is 0 Å². The van der Waals surface area contributed by atoms with Gasteiger partial charge in [0.05, 0.1) is 13.7 Å². The van der Waals surface area contributed by atoms with Crippen molar-refractivity contribution in [1.29, 1.82) is 0 Å². The lowest BCUT2D eigenvalue weighted by Crippen LogP contribution is -2.09. The molecule has 1 aliphatic heterocycles. The molecule has 0 spiro atoms. The van der Waals surface area contributed by atoms with E-state index in [1.54, 1.807) is 7.11 Å². The molecular weight excluding hydrogens is 178 g/mol. The number of benzene rings is 1. The van der Waals surface area contributed by atoms with Crippen molar-refractivity contribution in [3.63, 3.8) is 0 Å². The SMILES string of the molecule is COc1cccc2c1OCCC[C@H]2N. The molecule has 3 nitrogen and oxygen atoms in total. The molecule has 0 radical (unpaired) electrons. The van der Waals surface area contributed by atoms with Crippen molar-refractivity contribution < 1.29 is 9.47 Å². The van der Waals surface area contributed by atoms with Gasteiger partial charge in [0.2, 0.25) is 0 Å². The van der Waals surface area contributed by atoms with Gasteiger partial charge in [0.25, 0.3) is 0 Å². The minimum Gasteiger partial charge on any atom is -0.493 e. The standard InChI is InChI=1S/C11H15NO2/c1-13-10-6-2-4-8-9(12)5-3-7-14-11(8)10/h2,4,6,9H,3,5,7,12H2,1H3/t9-/m1/s1. The molecule has 2 N–H and O–H groups in total. The van der Waals surface area contributed by atoms with Crippen molar-refractivity contribution in [2.45, 2.75) is 18.9 Å². The Morgan fingerprint density at radius 3 is 3.14 bits per heavy atom. The van der Waals surface area contributed by atoms with Crippen LogP contribution in [0.25, 0.3) is 0 Å². The highest BCUT2D eigenvalue weighted by Crippen LogP contribution is 2.37. The summed E-state index contributed by atoms with van der Waals surface area (Å²) in [5.41, 5.74) is 7.09. The zero-order valence-corrected chi connectivity index (χ0v) is 8.32. The number of para-hydroxylation sites is 1. The molecule has 0 unspecified atom stereocenters. The zero-order chi connectivity index (χ0) is 9.97. The molecule has 0 amide bonds. The Bertz CT molecular complexity index is 325. The van der Waals surface area contributed by atoms with E-state index in [1.165, 1.54) is 0 Å². The highest BCUT2D eigenvalue weighted by molar-refractivity contribution is 5.48. The van der Waals surface area contributed by atoms with Gasteiger partial charge in [-0.05, 0) is 18.9 Å². The van der Waals surface area contributed by atoms with E-state index >= 15 is 0 Å². The average molecular weight is 193 g/mol. The predicted molar refractivity (Wildman–Crippen MR) is 54.7 cm³/mol. The van der Waals surface area contributed by atoms with Crippen molar-refractivity contribution in [1.82, 2.24) is 0 Å². The molecule has 0 bridgehead atoms. The number of fused-ring (bicyclic) bond motifs is 1. The Kier molecular flexibility index (Phi) is 2.59. The molecule has 1 atom stereocenters. The van der Waals surface area contributed by atoms with Gasteiger partial charge in [-0.15, -0.1) is 0 Å². The van der Waals surface area contributed by atoms with Gasteiger partial charge < -0.3 is 15.2 Å². The van der Waals surface area contributed by atoms with Crippen LogP contribution in [0.5, 0.6) is 11.5 Å². The van der Waals surface area contributed by atoms with E-state index in [1.807, 2.05) is 18.2 Å². The highest BCUT2D eigenvalue weighted by Gasteiger charge is 2.19. The molecule has 1 aromatic carbocycles. The van der Waals surface area contributed by atoms with Gasteiger partial charge in [-0.25, -0.2) is 0 Å². The smallest absolute Gasteiger partial charge is 0.165 e. The summed E-state index contributed by atoms with van der Waals surface area (Å²) in [6, 6.07) is 5.93. The molecule has 2 rings (SSSR count). The van der Waals surface area contributed by atoms with E-state index in [0.29, 0.717) is 0 Å². The van der Waals surface area contributed by atoms with Crippen LogP contribution in [0.1, 0.15) is 24.4 Å². The van der Waals surface area contributed by atoms with Crippen LogP contribution in [0.15, 0.2) is 18.2 Å². The second-order valence-corrected chi connectivity index (χ2v) is 3.48. The third-order valence-corrected chi connectivity index (χ3v) is 2.53. The molecule has 1 heterocycles. The van der Waals surface area contributed by atoms with Crippen molar-refractivity contribution in [3.8, 4) is 11.5 Å². The number of nitrogens with two attached hydrogens (primary N) is 1. The number of hydrogen-bond acceptors (Lipinski definition) is 3. The average Bonchev–Trinajstić information content (AvgIpc) is 2.41. The number of methoxy groups -OCH3 is 1. The fourth-order valence-electron chi connectivity index (χ4n) is 1.77. The Balaban J connectivity index is 2.46. The van der Waals surface area contributed by atoms with Gasteiger partial charge in [0, 0.05) is 11.6 Å². The number of rotatable bonds is 1. The van der Waals surface area contributed by atoms with Crippen LogP contribution in [-0.4, -0.2) is 13.7 Å². The van der Waals surface area contributed by atoms with Gasteiger partial charge in [-0.3, -0.25) is 0 Å². The van der Waals surface area contributed by atoms with Crippen LogP contribution < -0.4 is 15.2 Å². The van der Waals surface area contributed by atoms with Gasteiger partial charge >= 0.3 is 0 Å². The summed E-state index contributed by atoms with van der Waals surface area (Å²) >= 11 is 0. The van der Waals surface area contributed by atoms with Gasteiger partial charge in [-0.2, -0.15) is 0 Å². The summed E-state index contributed by atoms with van der Waals surface area (Å²) in [5.74, 6) is 1.60. The minimum absolute atomic E-state index is 0.0719. The third kappa shape index (κ3) is 1.55. The maximum atomic E-state index is 6.03. The van der Waals surface area contributed by atoms with Crippen LogP contribution in [0.3, 0.4) is 0 Å². The largest absolute Gasteiger partial charge is 0.493 e. The zero-order valence-electron chi connectivity index (χ0n) is 8.32. The second kappa shape index (κ2) is 3.88. The topological polar surface area (TPSA) is 44.5 Å². The van der Waals surface area contributed by atoms with E-state index in [2.05, 4.69) is 0 Å². The Morgan fingerprint density at radius 2 is 2.36 bits per heavy atom. The maximum absolute atomic E-state index is 6.03. The molecule has 0 saturated heterocycles. The van der Waals surface area contributed by atoms with Crippen molar-refractivity contribution in [2.75, 3.05) is 13.7 Å². The summed E-state index contributed by atoms with van der Waals surface area (Å²) < 4.78 is 10.9. The lowest BCUT2D eigenvalue weighted by atomic mass is 10.0. The fraction of sp³-hybridized carbons (Fsp3) is 0.455. The fourth-order valence-corrected chi connectivity index (χ4v) is 1.77. The van der Waals surface area contributed by atoms with Crippen LogP contribution in [0.4, 0.5) is 0 Å². The molecule has 76 valence electrons. The van der Waals surface area contributed by atoms with Gasteiger partial charge in [0.1, 0.15) is 0 Å².